The molecule has 3 nitrogen and oxygen atoms in total. The summed E-state index contributed by atoms with van der Waals surface area (Å²) in [5, 5.41) is 1.38. The Morgan fingerprint density at radius 2 is 1.71 bits per heavy atom. The first kappa shape index (κ1) is 14.5. The fourth-order valence-electron chi connectivity index (χ4n) is 2.10. The molecule has 0 aliphatic heterocycles. The average molecular weight is 410 g/mol. The molecule has 0 spiro atoms. The Balaban J connectivity index is 2.10. The molecule has 0 radical (unpaired) electrons. The Labute approximate surface area is 142 Å². The molecule has 2 aromatic carbocycles. The smallest absolute Gasteiger partial charge is 0.161 e. The molecule has 0 saturated heterocycles. The Hall–Kier alpha value is -1.40. The Morgan fingerprint density at radius 3 is 2.38 bits per heavy atom. The van der Waals surface area contributed by atoms with Crippen molar-refractivity contribution in [3.63, 3.8) is 0 Å². The first-order valence-corrected chi connectivity index (χ1v) is 7.91. The summed E-state index contributed by atoms with van der Waals surface area (Å²) in [6.45, 7) is 0. The number of nitrogens with zero attached hydrogens (tertiary/aromatic N) is 3. The van der Waals surface area contributed by atoms with Gasteiger partial charge in [-0.2, -0.15) is 0 Å². The predicted molar refractivity (Wildman–Crippen MR) is 97.0 cm³/mol. The summed E-state index contributed by atoms with van der Waals surface area (Å²) in [5.41, 5.74) is 2.96. The molecular formula is C16H13ClIN3. The summed E-state index contributed by atoms with van der Waals surface area (Å²) in [5.74, 6) is 0.652. The fourth-order valence-corrected chi connectivity index (χ4v) is 2.82. The van der Waals surface area contributed by atoms with Crippen molar-refractivity contribution in [2.75, 3.05) is 19.0 Å². The van der Waals surface area contributed by atoms with Gasteiger partial charge in [-0.1, -0.05) is 11.6 Å². The van der Waals surface area contributed by atoms with Crippen LogP contribution in [-0.2, 0) is 0 Å². The highest BCUT2D eigenvalue weighted by Crippen LogP contribution is 2.27. The number of rotatable bonds is 2. The lowest BCUT2D eigenvalue weighted by Gasteiger charge is -2.12. The van der Waals surface area contributed by atoms with Crippen molar-refractivity contribution >= 4 is 50.8 Å². The highest BCUT2D eigenvalue weighted by atomic mass is 127. The van der Waals surface area contributed by atoms with Crippen molar-refractivity contribution in [1.29, 1.82) is 0 Å². The van der Waals surface area contributed by atoms with Gasteiger partial charge in [-0.15, -0.1) is 0 Å². The molecule has 0 amide bonds. The van der Waals surface area contributed by atoms with Crippen LogP contribution < -0.4 is 4.90 Å². The molecule has 0 aliphatic rings. The van der Waals surface area contributed by atoms with Gasteiger partial charge >= 0.3 is 0 Å². The monoisotopic (exact) mass is 409 g/mol. The minimum Gasteiger partial charge on any atom is -0.378 e. The van der Waals surface area contributed by atoms with Crippen molar-refractivity contribution in [1.82, 2.24) is 9.97 Å². The van der Waals surface area contributed by atoms with Gasteiger partial charge in [0.15, 0.2) is 5.82 Å². The molecule has 0 N–H and O–H groups in total. The zero-order chi connectivity index (χ0) is 15.0. The molecule has 0 fully saturated rings. The number of anilines is 1. The first-order valence-electron chi connectivity index (χ1n) is 6.45. The van der Waals surface area contributed by atoms with Gasteiger partial charge in [0.25, 0.3) is 0 Å². The number of hydrogen-bond donors (Lipinski definition) is 0. The number of hydrogen-bond acceptors (Lipinski definition) is 3. The maximum absolute atomic E-state index is 6.30. The van der Waals surface area contributed by atoms with E-state index >= 15 is 0 Å². The van der Waals surface area contributed by atoms with Crippen molar-refractivity contribution < 1.29 is 0 Å². The van der Waals surface area contributed by atoms with E-state index in [0.717, 1.165) is 25.7 Å². The SMILES string of the molecule is CN(C)c1ccc(-c2nc(Cl)c3cc(I)ccc3n2)cc1. The van der Waals surface area contributed by atoms with Gasteiger partial charge in [-0.05, 0) is 65.1 Å². The summed E-state index contributed by atoms with van der Waals surface area (Å²) in [6, 6.07) is 14.1. The summed E-state index contributed by atoms with van der Waals surface area (Å²) < 4.78 is 1.12. The third-order valence-electron chi connectivity index (χ3n) is 3.25. The van der Waals surface area contributed by atoms with Crippen LogP contribution in [0.1, 0.15) is 0 Å². The second-order valence-corrected chi connectivity index (χ2v) is 6.54. The minimum atomic E-state index is 0.491. The lowest BCUT2D eigenvalue weighted by atomic mass is 10.1. The predicted octanol–water partition coefficient (Wildman–Crippen LogP) is 4.62. The maximum Gasteiger partial charge on any atom is 0.161 e. The minimum absolute atomic E-state index is 0.491. The van der Waals surface area contributed by atoms with E-state index in [4.69, 9.17) is 11.6 Å². The Morgan fingerprint density at radius 1 is 1.00 bits per heavy atom. The van der Waals surface area contributed by atoms with E-state index in [1.807, 2.05) is 56.6 Å². The van der Waals surface area contributed by atoms with Crippen molar-refractivity contribution in [2.45, 2.75) is 0 Å². The second kappa shape index (κ2) is 5.77. The van der Waals surface area contributed by atoms with Gasteiger partial charge in [-0.25, -0.2) is 9.97 Å². The molecule has 21 heavy (non-hydrogen) atoms. The third kappa shape index (κ3) is 2.96. The Bertz CT molecular complexity index is 800. The third-order valence-corrected chi connectivity index (χ3v) is 4.21. The lowest BCUT2D eigenvalue weighted by molar-refractivity contribution is 1.13. The van der Waals surface area contributed by atoms with Crippen molar-refractivity contribution in [3.8, 4) is 11.4 Å². The van der Waals surface area contributed by atoms with Crippen LogP contribution in [0.25, 0.3) is 22.3 Å². The molecular weight excluding hydrogens is 397 g/mol. The van der Waals surface area contributed by atoms with E-state index in [9.17, 15) is 0 Å². The van der Waals surface area contributed by atoms with Gasteiger partial charge in [0.2, 0.25) is 0 Å². The molecule has 5 heteroatoms. The van der Waals surface area contributed by atoms with E-state index < -0.39 is 0 Å². The van der Waals surface area contributed by atoms with Crippen molar-refractivity contribution in [3.05, 3.63) is 51.2 Å². The lowest BCUT2D eigenvalue weighted by Crippen LogP contribution is -2.08. The zero-order valence-corrected chi connectivity index (χ0v) is 14.6. The zero-order valence-electron chi connectivity index (χ0n) is 11.6. The average Bonchev–Trinajstić information content (AvgIpc) is 2.48. The summed E-state index contributed by atoms with van der Waals surface area (Å²) in [4.78, 5) is 11.1. The topological polar surface area (TPSA) is 29.0 Å². The maximum atomic E-state index is 6.30. The van der Waals surface area contributed by atoms with Crippen LogP contribution in [0.5, 0.6) is 0 Å². The molecule has 0 bridgehead atoms. The van der Waals surface area contributed by atoms with Gasteiger partial charge < -0.3 is 4.90 Å². The number of aromatic nitrogens is 2. The van der Waals surface area contributed by atoms with E-state index in [2.05, 4.69) is 37.5 Å². The van der Waals surface area contributed by atoms with Crippen molar-refractivity contribution in [2.24, 2.45) is 0 Å². The molecule has 1 aromatic heterocycles. The fraction of sp³-hybridized carbons (Fsp3) is 0.125. The van der Waals surface area contributed by atoms with Gasteiger partial charge in [0.05, 0.1) is 5.52 Å². The number of fused-ring (bicyclic) bond motifs is 1. The summed E-state index contributed by atoms with van der Waals surface area (Å²) in [7, 11) is 4.03. The normalized spacial score (nSPS) is 10.9. The molecule has 3 rings (SSSR count). The molecule has 106 valence electrons. The standard InChI is InChI=1S/C16H13ClIN3/c1-21(2)12-6-3-10(4-7-12)16-19-14-8-5-11(18)9-13(14)15(17)20-16/h3-9H,1-2H3. The highest BCUT2D eigenvalue weighted by Gasteiger charge is 2.08. The quantitative estimate of drug-likeness (QED) is 0.457. The molecule has 1 heterocycles. The second-order valence-electron chi connectivity index (χ2n) is 4.94. The molecule has 3 aromatic rings. The van der Waals surface area contributed by atoms with E-state index in [1.54, 1.807) is 0 Å². The number of halogens is 2. The summed E-state index contributed by atoms with van der Waals surface area (Å²) >= 11 is 8.56. The van der Waals surface area contributed by atoms with E-state index in [1.165, 1.54) is 0 Å². The van der Waals surface area contributed by atoms with Crippen LogP contribution in [0.2, 0.25) is 5.15 Å². The van der Waals surface area contributed by atoms with Gasteiger partial charge in [0.1, 0.15) is 5.15 Å². The van der Waals surface area contributed by atoms with Crippen LogP contribution in [0.4, 0.5) is 5.69 Å². The largest absolute Gasteiger partial charge is 0.378 e. The van der Waals surface area contributed by atoms with Crippen LogP contribution in [0, 0.1) is 3.57 Å². The molecule has 0 atom stereocenters. The van der Waals surface area contributed by atoms with Crippen LogP contribution >= 0.6 is 34.2 Å². The van der Waals surface area contributed by atoms with E-state index in [0.29, 0.717) is 11.0 Å². The van der Waals surface area contributed by atoms with Crippen LogP contribution in [-0.4, -0.2) is 24.1 Å². The van der Waals surface area contributed by atoms with Crippen LogP contribution in [0.15, 0.2) is 42.5 Å². The summed E-state index contributed by atoms with van der Waals surface area (Å²) in [6.07, 6.45) is 0. The van der Waals surface area contributed by atoms with Gasteiger partial charge in [0, 0.05) is 34.3 Å². The van der Waals surface area contributed by atoms with E-state index in [-0.39, 0.29) is 0 Å². The van der Waals surface area contributed by atoms with Crippen LogP contribution in [0.3, 0.4) is 0 Å². The molecule has 0 saturated carbocycles. The first-order chi connectivity index (χ1) is 10.0. The van der Waals surface area contributed by atoms with Gasteiger partial charge in [-0.3, -0.25) is 0 Å². The number of benzene rings is 2. The molecule has 0 unspecified atom stereocenters. The molecule has 0 aliphatic carbocycles. The highest BCUT2D eigenvalue weighted by molar-refractivity contribution is 14.1. The Kier molecular flexibility index (Phi) is 3.99.